The van der Waals surface area contributed by atoms with E-state index >= 15 is 0 Å². The van der Waals surface area contributed by atoms with E-state index in [0.29, 0.717) is 0 Å². The van der Waals surface area contributed by atoms with Crippen molar-refractivity contribution in [3.05, 3.63) is 15.9 Å². The minimum Gasteiger partial charge on any atom is -0.325 e. The zero-order valence-corrected chi connectivity index (χ0v) is 10.8. The molecular weight excluding hydrogens is 242 g/mol. The number of nitrogens with two attached hydrogens (primary N) is 1. The van der Waals surface area contributed by atoms with Crippen LogP contribution in [-0.2, 0) is 19.9 Å². The van der Waals surface area contributed by atoms with E-state index in [9.17, 15) is 0 Å². The number of nitrogens with zero attached hydrogens (tertiary/aromatic N) is 2. The van der Waals surface area contributed by atoms with Crippen LogP contribution >= 0.6 is 15.9 Å². The quantitative estimate of drug-likeness (QED) is 0.903. The first-order valence-corrected chi connectivity index (χ1v) is 5.63. The molecule has 0 aromatic carbocycles. The molecule has 80 valence electrons. The van der Waals surface area contributed by atoms with Crippen molar-refractivity contribution >= 4 is 15.9 Å². The predicted molar refractivity (Wildman–Crippen MR) is 62.3 cm³/mol. The summed E-state index contributed by atoms with van der Waals surface area (Å²) in [6, 6.07) is 0. The van der Waals surface area contributed by atoms with Gasteiger partial charge in [0.1, 0.15) is 0 Å². The molecule has 0 unspecified atom stereocenters. The molecule has 0 saturated heterocycles. The van der Waals surface area contributed by atoms with Crippen LogP contribution in [0.15, 0.2) is 4.47 Å². The Hall–Kier alpha value is -0.350. The van der Waals surface area contributed by atoms with Crippen LogP contribution in [-0.4, -0.2) is 15.3 Å². The van der Waals surface area contributed by atoms with Gasteiger partial charge in [-0.15, -0.1) is 0 Å². The summed E-state index contributed by atoms with van der Waals surface area (Å²) in [6.07, 6.45) is 1.77. The average molecular weight is 260 g/mol. The zero-order chi connectivity index (χ0) is 10.9. The second-order valence-electron chi connectivity index (χ2n) is 4.35. The first-order valence-electron chi connectivity index (χ1n) is 4.84. The standard InChI is InChI=1S/C10H18BrN3/c1-5-7-9(11)8(14(4)13-7)6-10(2,3)12/h5-6,12H2,1-4H3. The molecule has 14 heavy (non-hydrogen) atoms. The van der Waals surface area contributed by atoms with Crippen LogP contribution in [0.25, 0.3) is 0 Å². The molecule has 2 N–H and O–H groups in total. The molecule has 0 aliphatic carbocycles. The van der Waals surface area contributed by atoms with Gasteiger partial charge >= 0.3 is 0 Å². The number of hydrogen-bond donors (Lipinski definition) is 1. The van der Waals surface area contributed by atoms with Gasteiger partial charge in [0, 0.05) is 19.0 Å². The first-order chi connectivity index (χ1) is 6.35. The van der Waals surface area contributed by atoms with Crippen molar-refractivity contribution in [3.8, 4) is 0 Å². The van der Waals surface area contributed by atoms with Crippen molar-refractivity contribution in [2.24, 2.45) is 12.8 Å². The fourth-order valence-corrected chi connectivity index (χ4v) is 2.20. The molecule has 0 radical (unpaired) electrons. The molecule has 1 aromatic heterocycles. The summed E-state index contributed by atoms with van der Waals surface area (Å²) in [5.74, 6) is 0. The lowest BCUT2D eigenvalue weighted by Crippen LogP contribution is -2.35. The van der Waals surface area contributed by atoms with Crippen LogP contribution in [0.3, 0.4) is 0 Å². The smallest absolute Gasteiger partial charge is 0.0766 e. The van der Waals surface area contributed by atoms with Crippen LogP contribution in [0.2, 0.25) is 0 Å². The van der Waals surface area contributed by atoms with Gasteiger partial charge in [-0.05, 0) is 36.2 Å². The maximum absolute atomic E-state index is 5.99. The van der Waals surface area contributed by atoms with E-state index in [4.69, 9.17) is 5.73 Å². The zero-order valence-electron chi connectivity index (χ0n) is 9.26. The van der Waals surface area contributed by atoms with E-state index in [-0.39, 0.29) is 5.54 Å². The highest BCUT2D eigenvalue weighted by atomic mass is 79.9. The number of hydrogen-bond acceptors (Lipinski definition) is 2. The summed E-state index contributed by atoms with van der Waals surface area (Å²) in [5, 5.41) is 4.43. The van der Waals surface area contributed by atoms with Gasteiger partial charge in [0.15, 0.2) is 0 Å². The van der Waals surface area contributed by atoms with Crippen LogP contribution in [0.1, 0.15) is 32.2 Å². The Labute approximate surface area is 93.8 Å². The molecule has 0 bridgehead atoms. The van der Waals surface area contributed by atoms with Gasteiger partial charge in [-0.25, -0.2) is 0 Å². The second kappa shape index (κ2) is 4.03. The third-order valence-electron chi connectivity index (χ3n) is 2.13. The van der Waals surface area contributed by atoms with E-state index in [1.165, 1.54) is 5.69 Å². The molecule has 0 atom stereocenters. The van der Waals surface area contributed by atoms with Gasteiger partial charge in [-0.2, -0.15) is 5.10 Å². The molecule has 4 heteroatoms. The number of aromatic nitrogens is 2. The van der Waals surface area contributed by atoms with E-state index < -0.39 is 0 Å². The monoisotopic (exact) mass is 259 g/mol. The molecule has 0 amide bonds. The molecule has 0 aliphatic heterocycles. The Kier molecular flexibility index (Phi) is 3.37. The summed E-state index contributed by atoms with van der Waals surface area (Å²) >= 11 is 3.58. The maximum atomic E-state index is 5.99. The van der Waals surface area contributed by atoms with Gasteiger partial charge in [-0.3, -0.25) is 4.68 Å². The lowest BCUT2D eigenvalue weighted by Gasteiger charge is -2.18. The molecule has 0 aliphatic rings. The lowest BCUT2D eigenvalue weighted by molar-refractivity contribution is 0.494. The minimum absolute atomic E-state index is 0.193. The first kappa shape index (κ1) is 11.7. The van der Waals surface area contributed by atoms with E-state index in [1.54, 1.807) is 0 Å². The van der Waals surface area contributed by atoms with Gasteiger partial charge in [-0.1, -0.05) is 6.92 Å². The van der Waals surface area contributed by atoms with Crippen molar-refractivity contribution in [2.45, 2.75) is 39.2 Å². The fourth-order valence-electron chi connectivity index (χ4n) is 1.44. The van der Waals surface area contributed by atoms with Crippen molar-refractivity contribution in [1.82, 2.24) is 9.78 Å². The Morgan fingerprint density at radius 1 is 1.50 bits per heavy atom. The molecule has 0 fully saturated rings. The van der Waals surface area contributed by atoms with Crippen molar-refractivity contribution in [1.29, 1.82) is 0 Å². The van der Waals surface area contributed by atoms with Crippen LogP contribution < -0.4 is 5.73 Å². The van der Waals surface area contributed by atoms with Crippen LogP contribution in [0, 0.1) is 0 Å². The molecule has 0 spiro atoms. The summed E-state index contributed by atoms with van der Waals surface area (Å²) < 4.78 is 3.03. The minimum atomic E-state index is -0.193. The molecule has 1 aromatic rings. The second-order valence-corrected chi connectivity index (χ2v) is 5.14. The van der Waals surface area contributed by atoms with Crippen LogP contribution in [0.4, 0.5) is 0 Å². The van der Waals surface area contributed by atoms with Gasteiger partial charge < -0.3 is 5.73 Å². The number of rotatable bonds is 3. The van der Waals surface area contributed by atoms with Crippen LogP contribution in [0.5, 0.6) is 0 Å². The lowest BCUT2D eigenvalue weighted by atomic mass is 10.00. The maximum Gasteiger partial charge on any atom is 0.0766 e. The molecule has 0 saturated carbocycles. The molecule has 1 heterocycles. The van der Waals surface area contributed by atoms with E-state index in [2.05, 4.69) is 28.0 Å². The highest BCUT2D eigenvalue weighted by molar-refractivity contribution is 9.10. The van der Waals surface area contributed by atoms with E-state index in [0.717, 1.165) is 23.0 Å². The third-order valence-corrected chi connectivity index (χ3v) is 3.04. The molecular formula is C10H18BrN3. The Morgan fingerprint density at radius 3 is 2.43 bits per heavy atom. The average Bonchev–Trinajstić information content (AvgIpc) is 2.29. The fraction of sp³-hybridized carbons (Fsp3) is 0.700. The SMILES string of the molecule is CCc1nn(C)c(CC(C)(C)N)c1Br. The highest BCUT2D eigenvalue weighted by Gasteiger charge is 2.19. The Morgan fingerprint density at radius 2 is 2.07 bits per heavy atom. The van der Waals surface area contributed by atoms with Crippen molar-refractivity contribution in [3.63, 3.8) is 0 Å². The van der Waals surface area contributed by atoms with Crippen molar-refractivity contribution < 1.29 is 0 Å². The summed E-state index contributed by atoms with van der Waals surface area (Å²) in [6.45, 7) is 6.15. The van der Waals surface area contributed by atoms with Crippen molar-refractivity contribution in [2.75, 3.05) is 0 Å². The largest absolute Gasteiger partial charge is 0.325 e. The topological polar surface area (TPSA) is 43.8 Å². The molecule has 1 rings (SSSR count). The number of halogens is 1. The molecule has 3 nitrogen and oxygen atoms in total. The normalized spacial score (nSPS) is 12.1. The van der Waals surface area contributed by atoms with Gasteiger partial charge in [0.05, 0.1) is 15.9 Å². The van der Waals surface area contributed by atoms with E-state index in [1.807, 2.05) is 25.6 Å². The van der Waals surface area contributed by atoms with Gasteiger partial charge in [0.2, 0.25) is 0 Å². The van der Waals surface area contributed by atoms with Gasteiger partial charge in [0.25, 0.3) is 0 Å². The summed E-state index contributed by atoms with van der Waals surface area (Å²) in [5.41, 5.74) is 8.08. The summed E-state index contributed by atoms with van der Waals surface area (Å²) in [7, 11) is 1.96. The third kappa shape index (κ3) is 2.58. The Bertz CT molecular complexity index is 323. The summed E-state index contributed by atoms with van der Waals surface area (Å²) in [4.78, 5) is 0. The predicted octanol–water partition coefficient (Wildman–Crippen LogP) is 2.02. The highest BCUT2D eigenvalue weighted by Crippen LogP contribution is 2.24. The number of aryl methyl sites for hydroxylation is 2. The Balaban J connectivity index is 3.03.